The summed E-state index contributed by atoms with van der Waals surface area (Å²) < 4.78 is 7.65. The normalized spacial score (nSPS) is 20.8. The zero-order valence-electron chi connectivity index (χ0n) is 13.8. The van der Waals surface area contributed by atoms with E-state index in [0.717, 1.165) is 36.2 Å². The number of H-pyrrole nitrogens is 1. The van der Waals surface area contributed by atoms with Crippen molar-refractivity contribution >= 4 is 5.91 Å². The Labute approximate surface area is 135 Å². The number of rotatable bonds is 5. The maximum absolute atomic E-state index is 12.4. The molecule has 2 aromatic rings. The van der Waals surface area contributed by atoms with Crippen LogP contribution in [-0.4, -0.2) is 38.5 Å². The van der Waals surface area contributed by atoms with Gasteiger partial charge in [0.15, 0.2) is 0 Å². The summed E-state index contributed by atoms with van der Waals surface area (Å²) in [7, 11) is 1.90. The molecule has 1 fully saturated rings. The number of hydrogen-bond acceptors (Lipinski definition) is 4. The maximum Gasteiger partial charge on any atom is 0.272 e. The molecule has 0 bridgehead atoms. The van der Waals surface area contributed by atoms with Crippen LogP contribution in [0.5, 0.6) is 0 Å². The first kappa shape index (κ1) is 15.7. The minimum atomic E-state index is -0.161. The van der Waals surface area contributed by atoms with Gasteiger partial charge in [0.2, 0.25) is 0 Å². The molecule has 1 amide bonds. The van der Waals surface area contributed by atoms with Crippen LogP contribution in [0.3, 0.4) is 0 Å². The van der Waals surface area contributed by atoms with Crippen molar-refractivity contribution in [2.45, 2.75) is 45.3 Å². The zero-order chi connectivity index (χ0) is 16.4. The summed E-state index contributed by atoms with van der Waals surface area (Å²) in [4.78, 5) is 12.4. The first-order valence-corrected chi connectivity index (χ1v) is 8.05. The van der Waals surface area contributed by atoms with Crippen molar-refractivity contribution in [1.82, 2.24) is 25.3 Å². The topological polar surface area (TPSA) is 84.8 Å². The highest BCUT2D eigenvalue weighted by Crippen LogP contribution is 2.31. The standard InChI is InChI=1S/C16H23N5O2/c1-4-5-11-8-14(20-19-11)16(22)18-13-6-7-23-15(13)12-9-17-21(3)10(12)2/h8-9,13,15H,4-7H2,1-3H3,(H,18,22)(H,19,20)/t13-,15+/m0/s1. The molecule has 7 heteroatoms. The SMILES string of the molecule is CCCc1cc(C(=O)N[C@H]2CCO[C@@H]2c2cnn(C)c2C)n[nH]1. The molecule has 0 saturated carbocycles. The number of nitrogens with zero attached hydrogens (tertiary/aromatic N) is 3. The Bertz CT molecular complexity index is 690. The van der Waals surface area contributed by atoms with Gasteiger partial charge in [0.1, 0.15) is 11.8 Å². The fraction of sp³-hybridized carbons (Fsp3) is 0.562. The molecule has 0 unspecified atom stereocenters. The highest BCUT2D eigenvalue weighted by molar-refractivity contribution is 5.92. The van der Waals surface area contributed by atoms with Crippen LogP contribution in [0, 0.1) is 6.92 Å². The molecular formula is C16H23N5O2. The summed E-state index contributed by atoms with van der Waals surface area (Å²) in [6.45, 7) is 4.73. The first-order valence-electron chi connectivity index (χ1n) is 8.05. The highest BCUT2D eigenvalue weighted by Gasteiger charge is 2.33. The van der Waals surface area contributed by atoms with E-state index in [9.17, 15) is 4.79 Å². The number of hydrogen-bond donors (Lipinski definition) is 2. The van der Waals surface area contributed by atoms with Crippen LogP contribution in [0.15, 0.2) is 12.3 Å². The van der Waals surface area contributed by atoms with Crippen LogP contribution in [-0.2, 0) is 18.2 Å². The lowest BCUT2D eigenvalue weighted by Gasteiger charge is -2.19. The molecule has 2 aromatic heterocycles. The second kappa shape index (κ2) is 6.54. The van der Waals surface area contributed by atoms with Gasteiger partial charge >= 0.3 is 0 Å². The molecule has 1 aliphatic heterocycles. The summed E-state index contributed by atoms with van der Waals surface area (Å²) in [6.07, 6.45) is 4.36. The average molecular weight is 317 g/mol. The summed E-state index contributed by atoms with van der Waals surface area (Å²) in [5.41, 5.74) is 3.51. The average Bonchev–Trinajstić information content (AvgIpc) is 3.23. The van der Waals surface area contributed by atoms with Crippen LogP contribution < -0.4 is 5.32 Å². The summed E-state index contributed by atoms with van der Waals surface area (Å²) in [5.74, 6) is -0.161. The van der Waals surface area contributed by atoms with Crippen LogP contribution in [0.25, 0.3) is 0 Å². The van der Waals surface area contributed by atoms with Gasteiger partial charge in [-0.3, -0.25) is 14.6 Å². The molecule has 3 heterocycles. The van der Waals surface area contributed by atoms with Gasteiger partial charge in [-0.1, -0.05) is 13.3 Å². The van der Waals surface area contributed by atoms with Gasteiger partial charge in [-0.25, -0.2) is 0 Å². The summed E-state index contributed by atoms with van der Waals surface area (Å²) >= 11 is 0. The lowest BCUT2D eigenvalue weighted by atomic mass is 10.0. The molecule has 1 saturated heterocycles. The predicted octanol–water partition coefficient (Wildman–Crippen LogP) is 1.66. The Morgan fingerprint density at radius 3 is 3.09 bits per heavy atom. The molecule has 0 spiro atoms. The molecule has 0 aliphatic carbocycles. The molecule has 2 N–H and O–H groups in total. The second-order valence-electron chi connectivity index (χ2n) is 6.00. The monoisotopic (exact) mass is 317 g/mol. The van der Waals surface area contributed by atoms with E-state index in [4.69, 9.17) is 4.74 Å². The van der Waals surface area contributed by atoms with Crippen molar-refractivity contribution in [2.24, 2.45) is 7.05 Å². The van der Waals surface area contributed by atoms with Crippen molar-refractivity contribution in [1.29, 1.82) is 0 Å². The highest BCUT2D eigenvalue weighted by atomic mass is 16.5. The van der Waals surface area contributed by atoms with Gasteiger partial charge in [-0.2, -0.15) is 10.2 Å². The Kier molecular flexibility index (Phi) is 4.47. The lowest BCUT2D eigenvalue weighted by molar-refractivity contribution is 0.0815. The number of aryl methyl sites for hydroxylation is 2. The van der Waals surface area contributed by atoms with Crippen molar-refractivity contribution < 1.29 is 9.53 Å². The van der Waals surface area contributed by atoms with Gasteiger partial charge < -0.3 is 10.1 Å². The third-order valence-corrected chi connectivity index (χ3v) is 4.37. The van der Waals surface area contributed by atoms with Crippen molar-refractivity contribution in [2.75, 3.05) is 6.61 Å². The van der Waals surface area contributed by atoms with E-state index >= 15 is 0 Å². The molecule has 0 aromatic carbocycles. The van der Waals surface area contributed by atoms with Gasteiger partial charge in [0.25, 0.3) is 5.91 Å². The van der Waals surface area contributed by atoms with Gasteiger partial charge in [0, 0.05) is 30.6 Å². The van der Waals surface area contributed by atoms with Crippen LogP contribution in [0.4, 0.5) is 0 Å². The second-order valence-corrected chi connectivity index (χ2v) is 6.00. The molecule has 23 heavy (non-hydrogen) atoms. The Morgan fingerprint density at radius 2 is 2.39 bits per heavy atom. The molecule has 2 atom stereocenters. The Morgan fingerprint density at radius 1 is 1.57 bits per heavy atom. The molecule has 1 aliphatic rings. The van der Waals surface area contributed by atoms with E-state index < -0.39 is 0 Å². The molecule has 0 radical (unpaired) electrons. The number of amides is 1. The minimum Gasteiger partial charge on any atom is -0.371 e. The molecule has 124 valence electrons. The third kappa shape index (κ3) is 3.14. The van der Waals surface area contributed by atoms with E-state index in [1.54, 1.807) is 0 Å². The van der Waals surface area contributed by atoms with Crippen LogP contribution >= 0.6 is 0 Å². The molecule has 7 nitrogen and oxygen atoms in total. The van der Waals surface area contributed by atoms with E-state index in [2.05, 4.69) is 27.5 Å². The Hall–Kier alpha value is -2.15. The van der Waals surface area contributed by atoms with E-state index in [0.29, 0.717) is 12.3 Å². The van der Waals surface area contributed by atoms with Gasteiger partial charge in [-0.15, -0.1) is 0 Å². The van der Waals surface area contributed by atoms with Crippen LogP contribution in [0.1, 0.15) is 53.3 Å². The fourth-order valence-electron chi connectivity index (χ4n) is 2.96. The van der Waals surface area contributed by atoms with E-state index in [-0.39, 0.29) is 18.1 Å². The first-order chi connectivity index (χ1) is 11.1. The number of aromatic amines is 1. The lowest BCUT2D eigenvalue weighted by Crippen LogP contribution is -2.37. The van der Waals surface area contributed by atoms with Gasteiger partial charge in [-0.05, 0) is 25.8 Å². The maximum atomic E-state index is 12.4. The quantitative estimate of drug-likeness (QED) is 0.878. The number of nitrogens with one attached hydrogen (secondary N) is 2. The van der Waals surface area contributed by atoms with Crippen molar-refractivity contribution in [3.63, 3.8) is 0 Å². The summed E-state index contributed by atoms with van der Waals surface area (Å²) in [6, 6.07) is 1.76. The fourth-order valence-corrected chi connectivity index (χ4v) is 2.96. The predicted molar refractivity (Wildman–Crippen MR) is 85.1 cm³/mol. The smallest absolute Gasteiger partial charge is 0.272 e. The number of carbonyl (C=O) groups excluding carboxylic acids is 1. The largest absolute Gasteiger partial charge is 0.371 e. The van der Waals surface area contributed by atoms with Crippen molar-refractivity contribution in [3.8, 4) is 0 Å². The number of aromatic nitrogens is 4. The number of carbonyl (C=O) groups is 1. The van der Waals surface area contributed by atoms with E-state index in [1.165, 1.54) is 0 Å². The van der Waals surface area contributed by atoms with Gasteiger partial charge in [0.05, 0.1) is 12.2 Å². The molecule has 3 rings (SSSR count). The zero-order valence-corrected chi connectivity index (χ0v) is 13.8. The third-order valence-electron chi connectivity index (χ3n) is 4.37. The summed E-state index contributed by atoms with van der Waals surface area (Å²) in [5, 5.41) is 14.3. The van der Waals surface area contributed by atoms with E-state index in [1.807, 2.05) is 30.9 Å². The van der Waals surface area contributed by atoms with Crippen LogP contribution in [0.2, 0.25) is 0 Å². The van der Waals surface area contributed by atoms with Crippen molar-refractivity contribution in [3.05, 3.63) is 34.9 Å². The minimum absolute atomic E-state index is 0.0586. The number of ether oxygens (including phenoxy) is 1. The molecular weight excluding hydrogens is 294 g/mol. The Balaban J connectivity index is 1.70.